The zero-order valence-electron chi connectivity index (χ0n) is 20.1. The number of fused-ring (bicyclic) bond motifs is 1. The minimum Gasteiger partial charge on any atom is -0.352 e. The van der Waals surface area contributed by atoms with Crippen molar-refractivity contribution in [2.75, 3.05) is 6.54 Å². The Bertz CT molecular complexity index is 1370. The van der Waals surface area contributed by atoms with Gasteiger partial charge >= 0.3 is 0 Å². The Morgan fingerprint density at radius 2 is 1.88 bits per heavy atom. The first-order valence-electron chi connectivity index (χ1n) is 11.4. The first kappa shape index (κ1) is 23.6. The number of nitrogens with one attached hydrogen (secondary N) is 2. The van der Waals surface area contributed by atoms with Gasteiger partial charge in [-0.1, -0.05) is 12.1 Å². The fourth-order valence-electron chi connectivity index (χ4n) is 3.97. The van der Waals surface area contributed by atoms with Gasteiger partial charge in [-0.25, -0.2) is 9.67 Å². The lowest BCUT2D eigenvalue weighted by Crippen LogP contribution is -2.25. The number of thiophene rings is 1. The Morgan fingerprint density at radius 1 is 1.09 bits per heavy atom. The normalized spacial score (nSPS) is 11.2. The van der Waals surface area contributed by atoms with Crippen molar-refractivity contribution in [1.29, 1.82) is 0 Å². The van der Waals surface area contributed by atoms with E-state index in [1.165, 1.54) is 4.88 Å². The highest BCUT2D eigenvalue weighted by molar-refractivity contribution is 7.12. The maximum Gasteiger partial charge on any atom is 0.252 e. The molecule has 0 bridgehead atoms. The highest BCUT2D eigenvalue weighted by atomic mass is 32.1. The number of carbonyl (C=O) groups is 2. The standard InChI is InChI=1S/C26H29N5O2S/c1-6-27-25(32)19-9-7-8-18(11-19)13-28-26(33)21-12-23(20-10-16(4)34-17(20)5)30-24-22(21)14-29-31(24)15(2)3/h7-12,14-15H,6,13H2,1-5H3,(H,27,32)(H,28,33). The number of rotatable bonds is 7. The molecule has 0 radical (unpaired) electrons. The Balaban J connectivity index is 1.68. The summed E-state index contributed by atoms with van der Waals surface area (Å²) in [6.45, 7) is 11.0. The molecular formula is C26H29N5O2S. The lowest BCUT2D eigenvalue weighted by atomic mass is 10.1. The second-order valence-corrected chi connectivity index (χ2v) is 10.0. The molecule has 0 fully saturated rings. The molecule has 176 valence electrons. The summed E-state index contributed by atoms with van der Waals surface area (Å²) in [5, 5.41) is 11.0. The van der Waals surface area contributed by atoms with Gasteiger partial charge in [0.1, 0.15) is 0 Å². The van der Waals surface area contributed by atoms with E-state index in [0.29, 0.717) is 29.9 Å². The lowest BCUT2D eigenvalue weighted by Gasteiger charge is -2.11. The van der Waals surface area contributed by atoms with Gasteiger partial charge in [-0.2, -0.15) is 5.10 Å². The smallest absolute Gasteiger partial charge is 0.252 e. The largest absolute Gasteiger partial charge is 0.352 e. The molecule has 0 aliphatic heterocycles. The van der Waals surface area contributed by atoms with Crippen LogP contribution in [0.25, 0.3) is 22.3 Å². The predicted molar refractivity (Wildman–Crippen MR) is 136 cm³/mol. The van der Waals surface area contributed by atoms with E-state index >= 15 is 0 Å². The molecule has 1 aromatic carbocycles. The lowest BCUT2D eigenvalue weighted by molar-refractivity contribution is 0.0948. The van der Waals surface area contributed by atoms with E-state index in [9.17, 15) is 9.59 Å². The van der Waals surface area contributed by atoms with Gasteiger partial charge in [0.2, 0.25) is 0 Å². The quantitative estimate of drug-likeness (QED) is 0.392. The first-order valence-corrected chi connectivity index (χ1v) is 12.2. The summed E-state index contributed by atoms with van der Waals surface area (Å²) in [5.41, 5.74) is 4.45. The molecular weight excluding hydrogens is 446 g/mol. The molecule has 0 aliphatic carbocycles. The second-order valence-electron chi connectivity index (χ2n) is 8.54. The Morgan fingerprint density at radius 3 is 2.56 bits per heavy atom. The summed E-state index contributed by atoms with van der Waals surface area (Å²) in [7, 11) is 0. The zero-order valence-corrected chi connectivity index (χ0v) is 20.9. The summed E-state index contributed by atoms with van der Waals surface area (Å²) in [6.07, 6.45) is 1.71. The van der Waals surface area contributed by atoms with Crippen LogP contribution < -0.4 is 10.6 Å². The molecule has 2 N–H and O–H groups in total. The summed E-state index contributed by atoms with van der Waals surface area (Å²) in [5.74, 6) is -0.330. The molecule has 0 spiro atoms. The van der Waals surface area contributed by atoms with E-state index in [4.69, 9.17) is 4.98 Å². The fraction of sp³-hybridized carbons (Fsp3) is 0.308. The van der Waals surface area contributed by atoms with Gasteiger partial charge < -0.3 is 10.6 Å². The zero-order chi connectivity index (χ0) is 24.4. The Hall–Kier alpha value is -3.52. The average molecular weight is 476 g/mol. The van der Waals surface area contributed by atoms with Crippen molar-refractivity contribution in [2.24, 2.45) is 0 Å². The maximum atomic E-state index is 13.4. The number of amides is 2. The van der Waals surface area contributed by atoms with Gasteiger partial charge in [0.25, 0.3) is 11.8 Å². The Labute approximate surface area is 203 Å². The van der Waals surface area contributed by atoms with Gasteiger partial charge in [-0.15, -0.1) is 11.3 Å². The average Bonchev–Trinajstić information content (AvgIpc) is 3.39. The highest BCUT2D eigenvalue weighted by Gasteiger charge is 2.20. The third-order valence-electron chi connectivity index (χ3n) is 5.60. The van der Waals surface area contributed by atoms with E-state index in [-0.39, 0.29) is 17.9 Å². The minimum atomic E-state index is -0.204. The first-order chi connectivity index (χ1) is 16.3. The second kappa shape index (κ2) is 9.77. The van der Waals surface area contributed by atoms with Crippen LogP contribution in [0.5, 0.6) is 0 Å². The van der Waals surface area contributed by atoms with Gasteiger partial charge in [0, 0.05) is 40.0 Å². The van der Waals surface area contributed by atoms with Gasteiger partial charge in [0.15, 0.2) is 5.65 Å². The molecule has 7 nitrogen and oxygen atoms in total. The third kappa shape index (κ3) is 4.72. The topological polar surface area (TPSA) is 88.9 Å². The number of hydrogen-bond acceptors (Lipinski definition) is 5. The van der Waals surface area contributed by atoms with Gasteiger partial charge in [-0.3, -0.25) is 9.59 Å². The molecule has 4 aromatic rings. The number of hydrogen-bond donors (Lipinski definition) is 2. The highest BCUT2D eigenvalue weighted by Crippen LogP contribution is 2.32. The number of nitrogens with zero attached hydrogens (tertiary/aromatic N) is 3. The van der Waals surface area contributed by atoms with Gasteiger partial charge in [0.05, 0.1) is 22.8 Å². The van der Waals surface area contributed by atoms with Crippen molar-refractivity contribution in [1.82, 2.24) is 25.4 Å². The summed E-state index contributed by atoms with van der Waals surface area (Å²) in [4.78, 5) is 32.8. The number of pyridine rings is 1. The van der Waals surface area contributed by atoms with Crippen LogP contribution in [0.15, 0.2) is 42.6 Å². The van der Waals surface area contributed by atoms with Crippen LogP contribution in [0.4, 0.5) is 0 Å². The van der Waals surface area contributed by atoms with Crippen molar-refractivity contribution in [3.8, 4) is 11.3 Å². The SMILES string of the molecule is CCNC(=O)c1cccc(CNC(=O)c2cc(-c3cc(C)sc3C)nc3c2cnn3C(C)C)c1. The van der Waals surface area contributed by atoms with Crippen molar-refractivity contribution in [3.05, 3.63) is 69.0 Å². The van der Waals surface area contributed by atoms with Crippen molar-refractivity contribution in [2.45, 2.75) is 47.2 Å². The van der Waals surface area contributed by atoms with Crippen LogP contribution >= 0.6 is 11.3 Å². The molecule has 0 atom stereocenters. The summed E-state index contributed by atoms with van der Waals surface area (Å²) in [6, 6.07) is 11.3. The molecule has 34 heavy (non-hydrogen) atoms. The van der Waals surface area contributed by atoms with Crippen LogP contribution in [-0.4, -0.2) is 33.1 Å². The van der Waals surface area contributed by atoms with Crippen molar-refractivity contribution < 1.29 is 9.59 Å². The van der Waals surface area contributed by atoms with Crippen LogP contribution in [0.2, 0.25) is 0 Å². The monoisotopic (exact) mass is 475 g/mol. The van der Waals surface area contributed by atoms with Crippen LogP contribution in [-0.2, 0) is 6.54 Å². The van der Waals surface area contributed by atoms with Crippen molar-refractivity contribution in [3.63, 3.8) is 0 Å². The van der Waals surface area contributed by atoms with Crippen molar-refractivity contribution >= 4 is 34.2 Å². The van der Waals surface area contributed by atoms with E-state index in [1.807, 2.05) is 43.7 Å². The Kier molecular flexibility index (Phi) is 6.79. The number of aromatic nitrogens is 3. The number of aryl methyl sites for hydroxylation is 2. The number of benzene rings is 1. The van der Waals surface area contributed by atoms with E-state index in [1.54, 1.807) is 29.7 Å². The molecule has 3 heterocycles. The predicted octanol–water partition coefficient (Wildman–Crippen LogP) is 5.04. The molecule has 0 saturated carbocycles. The minimum absolute atomic E-state index is 0.110. The summed E-state index contributed by atoms with van der Waals surface area (Å²) < 4.78 is 1.85. The van der Waals surface area contributed by atoms with Crippen LogP contribution in [0, 0.1) is 13.8 Å². The maximum absolute atomic E-state index is 13.4. The van der Waals surface area contributed by atoms with Crippen LogP contribution in [0.3, 0.4) is 0 Å². The van der Waals surface area contributed by atoms with E-state index < -0.39 is 0 Å². The van der Waals surface area contributed by atoms with E-state index in [0.717, 1.165) is 27.1 Å². The van der Waals surface area contributed by atoms with Gasteiger partial charge in [-0.05, 0) is 64.4 Å². The molecule has 8 heteroatoms. The van der Waals surface area contributed by atoms with Crippen LogP contribution in [0.1, 0.15) is 62.8 Å². The summed E-state index contributed by atoms with van der Waals surface area (Å²) >= 11 is 1.72. The molecule has 4 rings (SSSR count). The molecule has 0 unspecified atom stereocenters. The molecule has 0 saturated heterocycles. The molecule has 0 aliphatic rings. The fourth-order valence-corrected chi connectivity index (χ4v) is 4.90. The molecule has 3 aromatic heterocycles. The van der Waals surface area contributed by atoms with E-state index in [2.05, 4.69) is 35.6 Å². The third-order valence-corrected chi connectivity index (χ3v) is 6.56. The molecule has 2 amide bonds. The number of carbonyl (C=O) groups excluding carboxylic acids is 2.